The van der Waals surface area contributed by atoms with E-state index in [0.717, 1.165) is 32.1 Å². The standard InChI is InChI=1S/C19H30O8S2/c1-18-9-7-13(26-28(20,21)22)11-12(18)3-4-14-15-5-6-17(27-29(23,24)25)19(15,2)10-8-16(14)18/h3,13-17H,4-11H2,1-2H3,(H,20,21,22)(H,23,24,25)/t13-,14+,15+,16+,17+,18+,19+/m1/s1. The van der Waals surface area contributed by atoms with E-state index in [9.17, 15) is 21.4 Å². The van der Waals surface area contributed by atoms with Gasteiger partial charge in [-0.1, -0.05) is 25.5 Å². The van der Waals surface area contributed by atoms with Crippen LogP contribution in [0.4, 0.5) is 0 Å². The van der Waals surface area contributed by atoms with Gasteiger partial charge in [0.2, 0.25) is 0 Å². The van der Waals surface area contributed by atoms with Crippen LogP contribution in [0.1, 0.15) is 65.2 Å². The first-order chi connectivity index (χ1) is 13.3. The molecule has 3 fully saturated rings. The zero-order valence-electron chi connectivity index (χ0n) is 16.8. The SMILES string of the molecule is C[C@]12CC[C@H]3[C@@H](CC=C4C[C@H](OS(=O)(=O)O)CC[C@@]43C)[C@@H]1CC[C@@H]2OS(=O)(=O)O. The summed E-state index contributed by atoms with van der Waals surface area (Å²) in [4.78, 5) is 0. The van der Waals surface area contributed by atoms with Crippen LogP contribution in [0, 0.1) is 28.6 Å². The third kappa shape index (κ3) is 3.92. The number of fused-ring (bicyclic) bond motifs is 5. The van der Waals surface area contributed by atoms with E-state index >= 15 is 0 Å². The highest BCUT2D eigenvalue weighted by Crippen LogP contribution is 2.65. The van der Waals surface area contributed by atoms with Gasteiger partial charge in [0.05, 0.1) is 12.2 Å². The molecule has 0 radical (unpaired) electrons. The first-order valence-electron chi connectivity index (χ1n) is 10.3. The van der Waals surface area contributed by atoms with E-state index in [-0.39, 0.29) is 10.8 Å². The number of allylic oxidation sites excluding steroid dienone is 1. The molecule has 166 valence electrons. The Labute approximate surface area is 172 Å². The third-order valence-corrected chi connectivity index (χ3v) is 9.46. The van der Waals surface area contributed by atoms with E-state index in [1.54, 1.807) is 0 Å². The van der Waals surface area contributed by atoms with E-state index in [1.807, 2.05) is 0 Å². The number of hydrogen-bond acceptors (Lipinski definition) is 6. The Morgan fingerprint density at radius 1 is 0.931 bits per heavy atom. The van der Waals surface area contributed by atoms with Gasteiger partial charge in [-0.25, -0.2) is 8.37 Å². The second-order valence-electron chi connectivity index (χ2n) is 9.78. The normalized spacial score (nSPS) is 45.1. The van der Waals surface area contributed by atoms with E-state index < -0.39 is 33.0 Å². The average Bonchev–Trinajstić information content (AvgIpc) is 2.89. The summed E-state index contributed by atoms with van der Waals surface area (Å²) >= 11 is 0. The molecule has 0 spiro atoms. The molecular formula is C19H30O8S2. The summed E-state index contributed by atoms with van der Waals surface area (Å²) in [6.07, 6.45) is 7.25. The van der Waals surface area contributed by atoms with Crippen LogP contribution in [0.3, 0.4) is 0 Å². The van der Waals surface area contributed by atoms with Crippen LogP contribution in [-0.4, -0.2) is 38.1 Å². The van der Waals surface area contributed by atoms with Crippen LogP contribution in [0.5, 0.6) is 0 Å². The molecule has 0 aromatic rings. The maximum Gasteiger partial charge on any atom is 0.397 e. The molecule has 8 nitrogen and oxygen atoms in total. The fourth-order valence-electron chi connectivity index (χ4n) is 7.14. The lowest BCUT2D eigenvalue weighted by Crippen LogP contribution is -2.51. The van der Waals surface area contributed by atoms with Crippen molar-refractivity contribution in [2.24, 2.45) is 28.6 Å². The quantitative estimate of drug-likeness (QED) is 0.493. The van der Waals surface area contributed by atoms with Crippen LogP contribution in [0.25, 0.3) is 0 Å². The predicted molar refractivity (Wildman–Crippen MR) is 105 cm³/mol. The molecule has 0 aromatic heterocycles. The lowest BCUT2D eigenvalue weighted by atomic mass is 9.48. The third-order valence-electron chi connectivity index (χ3n) is 8.47. The van der Waals surface area contributed by atoms with Gasteiger partial charge in [-0.05, 0) is 80.0 Å². The summed E-state index contributed by atoms with van der Waals surface area (Å²) in [5, 5.41) is 0. The Balaban J connectivity index is 1.56. The van der Waals surface area contributed by atoms with Crippen molar-refractivity contribution in [3.05, 3.63) is 11.6 Å². The highest BCUT2D eigenvalue weighted by molar-refractivity contribution is 7.81. The maximum absolute atomic E-state index is 11.3. The zero-order valence-corrected chi connectivity index (χ0v) is 18.4. The van der Waals surface area contributed by atoms with Crippen LogP contribution < -0.4 is 0 Å². The monoisotopic (exact) mass is 450 g/mol. The largest absolute Gasteiger partial charge is 0.397 e. The molecular weight excluding hydrogens is 420 g/mol. The molecule has 4 rings (SSSR count). The van der Waals surface area contributed by atoms with Gasteiger partial charge in [0, 0.05) is 0 Å². The molecule has 4 aliphatic rings. The summed E-state index contributed by atoms with van der Waals surface area (Å²) < 4.78 is 72.9. The molecule has 7 atom stereocenters. The second kappa shape index (κ2) is 7.00. The minimum Gasteiger partial charge on any atom is -0.264 e. The van der Waals surface area contributed by atoms with Gasteiger partial charge in [-0.3, -0.25) is 9.11 Å². The van der Waals surface area contributed by atoms with Crippen LogP contribution in [0.2, 0.25) is 0 Å². The van der Waals surface area contributed by atoms with Gasteiger partial charge in [-0.15, -0.1) is 0 Å². The van der Waals surface area contributed by atoms with Gasteiger partial charge in [0.15, 0.2) is 0 Å². The van der Waals surface area contributed by atoms with Crippen molar-refractivity contribution in [2.75, 3.05) is 0 Å². The van der Waals surface area contributed by atoms with Crippen molar-refractivity contribution in [2.45, 2.75) is 77.4 Å². The average molecular weight is 451 g/mol. The Morgan fingerprint density at radius 3 is 2.28 bits per heavy atom. The molecule has 2 N–H and O–H groups in total. The molecule has 4 aliphatic carbocycles. The van der Waals surface area contributed by atoms with Gasteiger partial charge < -0.3 is 0 Å². The smallest absolute Gasteiger partial charge is 0.264 e. The van der Waals surface area contributed by atoms with Crippen molar-refractivity contribution >= 4 is 20.8 Å². The lowest BCUT2D eigenvalue weighted by Gasteiger charge is -2.57. The van der Waals surface area contributed by atoms with E-state index in [2.05, 4.69) is 19.9 Å². The van der Waals surface area contributed by atoms with E-state index in [4.69, 9.17) is 12.9 Å². The minimum absolute atomic E-state index is 0.0364. The number of rotatable bonds is 4. The minimum atomic E-state index is -4.47. The summed E-state index contributed by atoms with van der Waals surface area (Å²) in [5.41, 5.74) is 0.904. The van der Waals surface area contributed by atoms with Crippen LogP contribution >= 0.6 is 0 Å². The van der Waals surface area contributed by atoms with E-state index in [1.165, 1.54) is 5.57 Å². The molecule has 0 heterocycles. The van der Waals surface area contributed by atoms with Crippen molar-refractivity contribution in [3.63, 3.8) is 0 Å². The molecule has 10 heteroatoms. The molecule has 0 saturated heterocycles. The van der Waals surface area contributed by atoms with Crippen LogP contribution in [-0.2, 0) is 29.2 Å². The second-order valence-corrected chi connectivity index (χ2v) is 11.9. The first-order valence-corrected chi connectivity index (χ1v) is 13.1. The van der Waals surface area contributed by atoms with E-state index in [0.29, 0.717) is 37.0 Å². The van der Waals surface area contributed by atoms with Crippen molar-refractivity contribution < 1.29 is 34.3 Å². The van der Waals surface area contributed by atoms with Gasteiger partial charge in [0.1, 0.15) is 0 Å². The Morgan fingerprint density at radius 2 is 1.62 bits per heavy atom. The zero-order chi connectivity index (χ0) is 21.2. The summed E-state index contributed by atoms with van der Waals surface area (Å²) in [6.45, 7) is 4.35. The van der Waals surface area contributed by atoms with Crippen molar-refractivity contribution in [3.8, 4) is 0 Å². The number of hydrogen-bond donors (Lipinski definition) is 2. The van der Waals surface area contributed by atoms with Crippen molar-refractivity contribution in [1.82, 2.24) is 0 Å². The fourth-order valence-corrected chi connectivity index (χ4v) is 8.26. The summed E-state index contributed by atoms with van der Waals surface area (Å²) in [7, 11) is -8.93. The molecule has 0 bridgehead atoms. The Bertz CT molecular complexity index is 910. The Hall–Kier alpha value is -0.520. The van der Waals surface area contributed by atoms with Gasteiger partial charge in [0.25, 0.3) is 0 Å². The molecule has 29 heavy (non-hydrogen) atoms. The first kappa shape index (κ1) is 21.7. The molecule has 3 saturated carbocycles. The Kier molecular flexibility index (Phi) is 5.24. The van der Waals surface area contributed by atoms with Crippen LogP contribution in [0.15, 0.2) is 11.6 Å². The lowest BCUT2D eigenvalue weighted by molar-refractivity contribution is -0.0645. The molecule has 0 amide bonds. The maximum atomic E-state index is 11.3. The topological polar surface area (TPSA) is 127 Å². The molecule has 0 aromatic carbocycles. The fraction of sp³-hybridized carbons (Fsp3) is 0.895. The summed E-state index contributed by atoms with van der Waals surface area (Å²) in [6, 6.07) is 0. The van der Waals surface area contributed by atoms with Gasteiger partial charge in [-0.2, -0.15) is 16.8 Å². The predicted octanol–water partition coefficient (Wildman–Crippen LogP) is 3.33. The molecule has 0 unspecified atom stereocenters. The molecule has 0 aliphatic heterocycles. The van der Waals surface area contributed by atoms with Gasteiger partial charge >= 0.3 is 20.8 Å². The highest BCUT2D eigenvalue weighted by atomic mass is 32.3. The van der Waals surface area contributed by atoms with Crippen molar-refractivity contribution in [1.29, 1.82) is 0 Å². The highest BCUT2D eigenvalue weighted by Gasteiger charge is 2.59. The summed E-state index contributed by atoms with van der Waals surface area (Å²) in [5.74, 6) is 1.18.